The second-order valence-electron chi connectivity index (χ2n) is 4.58. The Morgan fingerprint density at radius 3 is 2.40 bits per heavy atom. The molecule has 0 fully saturated rings. The van der Waals surface area contributed by atoms with Crippen molar-refractivity contribution in [1.29, 1.82) is 5.26 Å². The molecule has 0 spiro atoms. The molecule has 110 valence electrons. The zero-order chi connectivity index (χ0) is 15.0. The van der Waals surface area contributed by atoms with Crippen molar-refractivity contribution in [2.24, 2.45) is 0 Å². The Labute approximate surface area is 119 Å². The van der Waals surface area contributed by atoms with Crippen LogP contribution in [0.5, 0.6) is 5.75 Å². The SMILES string of the molecule is COCCOCC(O)COc1c(C)cc(C#N)cc1C. The van der Waals surface area contributed by atoms with Gasteiger partial charge in [0.1, 0.15) is 18.5 Å². The van der Waals surface area contributed by atoms with E-state index in [0.717, 1.165) is 11.1 Å². The molecule has 0 aromatic heterocycles. The summed E-state index contributed by atoms with van der Waals surface area (Å²) in [4.78, 5) is 0. The molecule has 20 heavy (non-hydrogen) atoms. The van der Waals surface area contributed by atoms with Gasteiger partial charge in [0, 0.05) is 7.11 Å². The maximum Gasteiger partial charge on any atom is 0.125 e. The number of ether oxygens (including phenoxy) is 3. The third-order valence-corrected chi connectivity index (χ3v) is 2.75. The van der Waals surface area contributed by atoms with E-state index in [1.165, 1.54) is 0 Å². The van der Waals surface area contributed by atoms with Gasteiger partial charge in [-0.15, -0.1) is 0 Å². The lowest BCUT2D eigenvalue weighted by Gasteiger charge is -2.16. The van der Waals surface area contributed by atoms with Gasteiger partial charge in [0.05, 0.1) is 31.5 Å². The van der Waals surface area contributed by atoms with Crippen LogP contribution < -0.4 is 4.74 Å². The van der Waals surface area contributed by atoms with Gasteiger partial charge in [0.15, 0.2) is 0 Å². The van der Waals surface area contributed by atoms with Gasteiger partial charge in [-0.05, 0) is 37.1 Å². The van der Waals surface area contributed by atoms with Crippen molar-refractivity contribution in [1.82, 2.24) is 0 Å². The molecule has 1 aromatic carbocycles. The van der Waals surface area contributed by atoms with E-state index in [9.17, 15) is 5.11 Å². The summed E-state index contributed by atoms with van der Waals surface area (Å²) in [6.45, 7) is 5.07. The summed E-state index contributed by atoms with van der Waals surface area (Å²) in [7, 11) is 1.60. The zero-order valence-corrected chi connectivity index (χ0v) is 12.2. The number of hydrogen-bond donors (Lipinski definition) is 1. The van der Waals surface area contributed by atoms with Crippen molar-refractivity contribution < 1.29 is 19.3 Å². The van der Waals surface area contributed by atoms with Gasteiger partial charge in [-0.3, -0.25) is 0 Å². The van der Waals surface area contributed by atoms with Gasteiger partial charge in [-0.25, -0.2) is 0 Å². The molecule has 1 rings (SSSR count). The monoisotopic (exact) mass is 279 g/mol. The molecule has 0 amide bonds. The van der Waals surface area contributed by atoms with E-state index >= 15 is 0 Å². The summed E-state index contributed by atoms with van der Waals surface area (Å²) in [5.74, 6) is 0.708. The number of aliphatic hydroxyl groups is 1. The molecule has 0 aliphatic rings. The molecule has 0 aliphatic heterocycles. The Bertz CT molecular complexity index is 444. The summed E-state index contributed by atoms with van der Waals surface area (Å²) in [6, 6.07) is 5.64. The van der Waals surface area contributed by atoms with Gasteiger partial charge < -0.3 is 19.3 Å². The van der Waals surface area contributed by atoms with E-state index in [-0.39, 0.29) is 13.2 Å². The Balaban J connectivity index is 2.47. The first-order chi connectivity index (χ1) is 9.58. The van der Waals surface area contributed by atoms with Crippen molar-refractivity contribution in [3.8, 4) is 11.8 Å². The maximum atomic E-state index is 9.75. The fourth-order valence-corrected chi connectivity index (χ4v) is 1.83. The van der Waals surface area contributed by atoms with Crippen molar-refractivity contribution in [2.75, 3.05) is 33.5 Å². The third kappa shape index (κ3) is 5.17. The smallest absolute Gasteiger partial charge is 0.125 e. The molecular weight excluding hydrogens is 258 g/mol. The first-order valence-corrected chi connectivity index (χ1v) is 6.47. The number of methoxy groups -OCH3 is 1. The van der Waals surface area contributed by atoms with Crippen molar-refractivity contribution in [3.63, 3.8) is 0 Å². The van der Waals surface area contributed by atoms with E-state index in [1.54, 1.807) is 19.2 Å². The highest BCUT2D eigenvalue weighted by Gasteiger charge is 2.10. The number of aryl methyl sites for hydroxylation is 2. The average molecular weight is 279 g/mol. The van der Waals surface area contributed by atoms with E-state index in [0.29, 0.717) is 24.5 Å². The molecule has 0 radical (unpaired) electrons. The van der Waals surface area contributed by atoms with Crippen molar-refractivity contribution in [2.45, 2.75) is 20.0 Å². The first kappa shape index (κ1) is 16.4. The van der Waals surface area contributed by atoms with Gasteiger partial charge in [0.25, 0.3) is 0 Å². The third-order valence-electron chi connectivity index (χ3n) is 2.75. The van der Waals surface area contributed by atoms with Crippen LogP contribution in [0.4, 0.5) is 0 Å². The zero-order valence-electron chi connectivity index (χ0n) is 12.2. The molecule has 0 aliphatic carbocycles. The number of nitriles is 1. The van der Waals surface area contributed by atoms with Crippen molar-refractivity contribution >= 4 is 0 Å². The predicted octanol–water partition coefficient (Wildman–Crippen LogP) is 1.58. The number of aliphatic hydroxyl groups excluding tert-OH is 1. The number of nitrogens with zero attached hydrogens (tertiary/aromatic N) is 1. The molecule has 1 aromatic rings. The van der Waals surface area contributed by atoms with Gasteiger partial charge in [0.2, 0.25) is 0 Å². The van der Waals surface area contributed by atoms with E-state index < -0.39 is 6.10 Å². The van der Waals surface area contributed by atoms with E-state index in [2.05, 4.69) is 6.07 Å². The number of rotatable bonds is 8. The Hall–Kier alpha value is -1.61. The minimum Gasteiger partial charge on any atom is -0.490 e. The number of benzene rings is 1. The fraction of sp³-hybridized carbons (Fsp3) is 0.533. The van der Waals surface area contributed by atoms with E-state index in [4.69, 9.17) is 19.5 Å². The molecule has 0 bridgehead atoms. The summed E-state index contributed by atoms with van der Waals surface area (Å²) >= 11 is 0. The molecule has 0 saturated heterocycles. The lowest BCUT2D eigenvalue weighted by atomic mass is 10.1. The molecule has 1 atom stereocenters. The maximum absolute atomic E-state index is 9.75. The van der Waals surface area contributed by atoms with Crippen LogP contribution in [0.15, 0.2) is 12.1 Å². The molecule has 1 N–H and O–H groups in total. The number of hydrogen-bond acceptors (Lipinski definition) is 5. The minimum absolute atomic E-state index is 0.153. The minimum atomic E-state index is -0.693. The van der Waals surface area contributed by atoms with Crippen LogP contribution in [0.1, 0.15) is 16.7 Å². The van der Waals surface area contributed by atoms with Crippen molar-refractivity contribution in [3.05, 3.63) is 28.8 Å². The molecule has 1 unspecified atom stereocenters. The summed E-state index contributed by atoms with van der Waals surface area (Å²) < 4.78 is 15.7. The second-order valence-corrected chi connectivity index (χ2v) is 4.58. The largest absolute Gasteiger partial charge is 0.490 e. The molecule has 0 saturated carbocycles. The van der Waals surface area contributed by atoms with Crippen LogP contribution in [-0.4, -0.2) is 44.7 Å². The quantitative estimate of drug-likeness (QED) is 0.731. The molecular formula is C15H21NO4. The first-order valence-electron chi connectivity index (χ1n) is 6.47. The highest BCUT2D eigenvalue weighted by molar-refractivity contribution is 5.47. The predicted molar refractivity (Wildman–Crippen MR) is 74.8 cm³/mol. The lowest BCUT2D eigenvalue weighted by molar-refractivity contribution is -0.00436. The molecule has 5 nitrogen and oxygen atoms in total. The highest BCUT2D eigenvalue weighted by Crippen LogP contribution is 2.24. The van der Waals surface area contributed by atoms with Gasteiger partial charge in [-0.2, -0.15) is 5.26 Å². The molecule has 0 heterocycles. The lowest BCUT2D eigenvalue weighted by Crippen LogP contribution is -2.24. The van der Waals surface area contributed by atoms with E-state index in [1.807, 2.05) is 13.8 Å². The highest BCUT2D eigenvalue weighted by atomic mass is 16.5. The summed E-state index contributed by atoms with van der Waals surface area (Å²) in [5.41, 5.74) is 2.37. The topological polar surface area (TPSA) is 71.7 Å². The second kappa shape index (κ2) is 8.54. The van der Waals surface area contributed by atoms with Crippen LogP contribution in [-0.2, 0) is 9.47 Å². The van der Waals surface area contributed by atoms with Gasteiger partial charge >= 0.3 is 0 Å². The summed E-state index contributed by atoms with van der Waals surface area (Å²) in [6.07, 6.45) is -0.693. The van der Waals surface area contributed by atoms with Crippen LogP contribution in [0.25, 0.3) is 0 Å². The molecule has 5 heteroatoms. The Kier molecular flexibility index (Phi) is 7.02. The van der Waals surface area contributed by atoms with Crippen LogP contribution in [0.3, 0.4) is 0 Å². The van der Waals surface area contributed by atoms with Gasteiger partial charge in [-0.1, -0.05) is 0 Å². The Morgan fingerprint density at radius 2 is 1.85 bits per heavy atom. The van der Waals surface area contributed by atoms with Crippen LogP contribution in [0, 0.1) is 25.2 Å². The summed E-state index contributed by atoms with van der Waals surface area (Å²) in [5, 5.41) is 18.6. The fourth-order valence-electron chi connectivity index (χ4n) is 1.83. The average Bonchev–Trinajstić information content (AvgIpc) is 2.42. The van der Waals surface area contributed by atoms with Crippen LogP contribution >= 0.6 is 0 Å². The van der Waals surface area contributed by atoms with Crippen LogP contribution in [0.2, 0.25) is 0 Å². The standard InChI is InChI=1S/C15H21NO4/c1-11-6-13(8-16)7-12(2)15(11)20-10-14(17)9-19-5-4-18-3/h6-7,14,17H,4-5,9-10H2,1-3H3. The normalized spacial score (nSPS) is 11.9. The Morgan fingerprint density at radius 1 is 1.20 bits per heavy atom.